The molecule has 2 aromatic carbocycles. The number of carbonyl (C=O) groups excluding carboxylic acids is 1. The Bertz CT molecular complexity index is 1190. The lowest BCUT2D eigenvalue weighted by Crippen LogP contribution is -2.36. The second-order valence-corrected chi connectivity index (χ2v) is 11.9. The number of hydrogen-bond donors (Lipinski definition) is 1. The molecule has 1 aliphatic carbocycles. The highest BCUT2D eigenvalue weighted by atomic mass is 31.2. The summed E-state index contributed by atoms with van der Waals surface area (Å²) in [6.07, 6.45) is -0.991. The van der Waals surface area contributed by atoms with Crippen LogP contribution in [0.4, 0.5) is 22.0 Å². The van der Waals surface area contributed by atoms with Crippen LogP contribution in [0.15, 0.2) is 30.3 Å². The number of carbonyl (C=O) groups is 1. The zero-order valence-corrected chi connectivity index (χ0v) is 23.3. The molecule has 0 saturated heterocycles. The molecule has 2 aromatic rings. The Morgan fingerprint density at radius 1 is 0.949 bits per heavy atom. The molecule has 2 atom stereocenters. The van der Waals surface area contributed by atoms with Gasteiger partial charge in [0, 0.05) is 0 Å². The third kappa shape index (κ3) is 7.47. The number of alkyl halides is 3. The van der Waals surface area contributed by atoms with Crippen molar-refractivity contribution in [3.63, 3.8) is 0 Å². The lowest BCUT2D eigenvalue weighted by molar-refractivity contribution is -0.138. The van der Waals surface area contributed by atoms with Gasteiger partial charge in [-0.2, -0.15) is 13.2 Å². The Hall–Kier alpha value is -2.29. The van der Waals surface area contributed by atoms with Crippen molar-refractivity contribution in [3.05, 3.63) is 58.7 Å². The average molecular weight is 576 g/mol. The maximum atomic E-state index is 15.2. The molecular weight excluding hydrogens is 540 g/mol. The number of amides is 1. The van der Waals surface area contributed by atoms with Gasteiger partial charge in [-0.25, -0.2) is 8.78 Å². The normalized spacial score (nSPS) is 15.6. The summed E-state index contributed by atoms with van der Waals surface area (Å²) < 4.78 is 94.2. The largest absolute Gasteiger partial charge is 0.405 e. The predicted octanol–water partition coefficient (Wildman–Crippen LogP) is 8.42. The first-order chi connectivity index (χ1) is 18.5. The first kappa shape index (κ1) is 31.2. The molecule has 0 aliphatic heterocycles. The molecule has 0 fully saturated rings. The van der Waals surface area contributed by atoms with Gasteiger partial charge in [0.1, 0.15) is 18.2 Å². The van der Waals surface area contributed by atoms with Crippen LogP contribution < -0.4 is 5.32 Å². The van der Waals surface area contributed by atoms with Crippen molar-refractivity contribution in [2.75, 3.05) is 19.8 Å². The monoisotopic (exact) mass is 575 g/mol. The predicted molar refractivity (Wildman–Crippen MR) is 140 cm³/mol. The highest BCUT2D eigenvalue weighted by molar-refractivity contribution is 7.54. The fourth-order valence-corrected chi connectivity index (χ4v) is 7.16. The molecule has 0 radical (unpaired) electrons. The fraction of sp³-hybridized carbons (Fsp3) is 0.536. The van der Waals surface area contributed by atoms with Crippen LogP contribution in [0.3, 0.4) is 0 Å². The van der Waals surface area contributed by atoms with Crippen LogP contribution in [0.25, 0.3) is 11.1 Å². The summed E-state index contributed by atoms with van der Waals surface area (Å²) in [7, 11) is -3.87. The molecule has 0 aromatic heterocycles. The highest BCUT2D eigenvalue weighted by Gasteiger charge is 2.43. The van der Waals surface area contributed by atoms with Crippen LogP contribution in [-0.2, 0) is 18.4 Å². The van der Waals surface area contributed by atoms with Crippen LogP contribution >= 0.6 is 7.60 Å². The van der Waals surface area contributed by atoms with Crippen molar-refractivity contribution >= 4 is 13.5 Å². The molecular formula is C28H35F5NO4P. The van der Waals surface area contributed by atoms with Gasteiger partial charge in [-0.15, -0.1) is 0 Å². The van der Waals surface area contributed by atoms with E-state index in [-0.39, 0.29) is 29.9 Å². The molecule has 1 amide bonds. The van der Waals surface area contributed by atoms with Crippen molar-refractivity contribution in [2.24, 2.45) is 0 Å². The van der Waals surface area contributed by atoms with Gasteiger partial charge < -0.3 is 14.4 Å². The first-order valence-electron chi connectivity index (χ1n) is 13.3. The number of rotatable bonds is 14. The van der Waals surface area contributed by atoms with E-state index in [1.807, 2.05) is 26.1 Å². The Balaban J connectivity index is 2.19. The minimum Gasteiger partial charge on any atom is -0.346 e. The average Bonchev–Trinajstić information content (AvgIpc) is 3.18. The summed E-state index contributed by atoms with van der Waals surface area (Å²) in [5, 5.41) is 1.85. The molecule has 5 nitrogen and oxygen atoms in total. The molecule has 0 saturated carbocycles. The lowest BCUT2D eigenvalue weighted by Gasteiger charge is -2.29. The van der Waals surface area contributed by atoms with Crippen LogP contribution in [0, 0.1) is 11.6 Å². The van der Waals surface area contributed by atoms with Gasteiger partial charge in [0.2, 0.25) is 5.91 Å². The molecule has 11 heteroatoms. The summed E-state index contributed by atoms with van der Waals surface area (Å²) >= 11 is 0. The topological polar surface area (TPSA) is 64.6 Å². The third-order valence-electron chi connectivity index (χ3n) is 6.64. The van der Waals surface area contributed by atoms with Crippen molar-refractivity contribution < 1.29 is 40.4 Å². The second kappa shape index (κ2) is 13.4. The number of unbranched alkanes of at least 4 members (excludes halogenated alkanes) is 2. The molecule has 0 bridgehead atoms. The summed E-state index contributed by atoms with van der Waals surface area (Å²) in [6, 6.07) is 5.92. The van der Waals surface area contributed by atoms with E-state index >= 15 is 4.39 Å². The molecule has 39 heavy (non-hydrogen) atoms. The number of hydrogen-bond acceptors (Lipinski definition) is 4. The maximum absolute atomic E-state index is 15.2. The number of fused-ring (bicyclic) bond motifs is 3. The second-order valence-electron chi connectivity index (χ2n) is 9.67. The van der Waals surface area contributed by atoms with Crippen LogP contribution in [0.5, 0.6) is 0 Å². The Morgan fingerprint density at radius 2 is 1.56 bits per heavy atom. The molecule has 0 heterocycles. The quantitative estimate of drug-likeness (QED) is 0.140. The molecule has 1 N–H and O–H groups in total. The van der Waals surface area contributed by atoms with Crippen molar-refractivity contribution in [1.82, 2.24) is 5.32 Å². The standard InChI is InChI=1S/C28H35F5NO4P/c1-4-7-12-37-39(36,38-13-8-5-2)24(9-6-3)22-15-19(30)16-23-25(22)20-11-10-18(29)14-21(20)26(23)27(35)34-17-28(31,32)33/h10-11,14-16,24,26H,4-9,12-13,17H2,1-3H3,(H,34,35). The van der Waals surface area contributed by atoms with E-state index in [0.29, 0.717) is 36.8 Å². The molecule has 216 valence electrons. The molecule has 2 unspecified atom stereocenters. The van der Waals surface area contributed by atoms with Gasteiger partial charge in [0.05, 0.1) is 24.8 Å². The van der Waals surface area contributed by atoms with E-state index in [4.69, 9.17) is 9.05 Å². The Kier molecular flexibility index (Phi) is 10.7. The van der Waals surface area contributed by atoms with E-state index in [9.17, 15) is 26.9 Å². The highest BCUT2D eigenvalue weighted by Crippen LogP contribution is 2.65. The minimum absolute atomic E-state index is 0.0834. The van der Waals surface area contributed by atoms with Crippen LogP contribution in [0.1, 0.15) is 87.6 Å². The van der Waals surface area contributed by atoms with Crippen molar-refractivity contribution in [1.29, 1.82) is 0 Å². The lowest BCUT2D eigenvalue weighted by atomic mass is 9.93. The first-order valence-corrected chi connectivity index (χ1v) is 14.9. The zero-order valence-electron chi connectivity index (χ0n) is 22.4. The van der Waals surface area contributed by atoms with Gasteiger partial charge in [0.25, 0.3) is 0 Å². The zero-order chi connectivity index (χ0) is 28.8. The number of nitrogens with one attached hydrogen (secondary N) is 1. The van der Waals surface area contributed by atoms with Crippen LogP contribution in [0.2, 0.25) is 0 Å². The van der Waals surface area contributed by atoms with E-state index in [1.165, 1.54) is 12.1 Å². The molecule has 3 rings (SSSR count). The summed E-state index contributed by atoms with van der Waals surface area (Å²) in [4.78, 5) is 13.0. The summed E-state index contributed by atoms with van der Waals surface area (Å²) in [5.74, 6) is -3.88. The van der Waals surface area contributed by atoms with E-state index < -0.39 is 49.4 Å². The smallest absolute Gasteiger partial charge is 0.346 e. The Morgan fingerprint density at radius 3 is 2.13 bits per heavy atom. The van der Waals surface area contributed by atoms with Gasteiger partial charge in [-0.05, 0) is 71.3 Å². The summed E-state index contributed by atoms with van der Waals surface area (Å²) in [5.41, 5.74) is 0.261. The van der Waals surface area contributed by atoms with Gasteiger partial charge in [-0.3, -0.25) is 9.36 Å². The third-order valence-corrected chi connectivity index (χ3v) is 9.02. The van der Waals surface area contributed by atoms with Crippen molar-refractivity contribution in [3.8, 4) is 11.1 Å². The van der Waals surface area contributed by atoms with Gasteiger partial charge in [0.15, 0.2) is 0 Å². The van der Waals surface area contributed by atoms with E-state index in [0.717, 1.165) is 31.0 Å². The number of halogens is 5. The number of benzene rings is 2. The summed E-state index contributed by atoms with van der Waals surface area (Å²) in [6.45, 7) is 4.52. The van der Waals surface area contributed by atoms with Crippen molar-refractivity contribution in [2.45, 2.75) is 77.0 Å². The van der Waals surface area contributed by atoms with Gasteiger partial charge in [-0.1, -0.05) is 46.1 Å². The fourth-order valence-electron chi connectivity index (χ4n) is 4.84. The minimum atomic E-state index is -4.67. The maximum Gasteiger partial charge on any atom is 0.405 e. The Labute approximate surface area is 226 Å². The SMILES string of the molecule is CCCCOP(=O)(OCCCC)C(CCC)c1cc(F)cc2c1-c1ccc(F)cc1C2C(=O)NCC(F)(F)F. The van der Waals surface area contributed by atoms with E-state index in [2.05, 4.69) is 0 Å². The van der Waals surface area contributed by atoms with Gasteiger partial charge >= 0.3 is 13.8 Å². The van der Waals surface area contributed by atoms with E-state index in [1.54, 1.807) is 0 Å². The van der Waals surface area contributed by atoms with Crippen LogP contribution in [-0.4, -0.2) is 31.8 Å². The molecule has 1 aliphatic rings. The molecule has 0 spiro atoms.